The van der Waals surface area contributed by atoms with Crippen LogP contribution in [0.4, 0.5) is 9.52 Å². The summed E-state index contributed by atoms with van der Waals surface area (Å²) in [6, 6.07) is 5.96. The van der Waals surface area contributed by atoms with Crippen LogP contribution in [0.25, 0.3) is 11.3 Å². The molecule has 0 bridgehead atoms. The van der Waals surface area contributed by atoms with Gasteiger partial charge in [0.05, 0.1) is 6.20 Å². The third kappa shape index (κ3) is 4.69. The van der Waals surface area contributed by atoms with Crippen LogP contribution < -0.4 is 5.32 Å². The molecule has 0 radical (unpaired) electrons. The number of amides is 1. The van der Waals surface area contributed by atoms with Crippen molar-refractivity contribution in [1.82, 2.24) is 15.2 Å². The maximum atomic E-state index is 12.9. The molecule has 3 aromatic rings. The van der Waals surface area contributed by atoms with Gasteiger partial charge < -0.3 is 9.73 Å². The van der Waals surface area contributed by atoms with Crippen LogP contribution >= 0.6 is 11.3 Å². The lowest BCUT2D eigenvalue weighted by atomic mass is 10.2. The molecule has 1 N–H and O–H groups in total. The average Bonchev–Trinajstić information content (AvgIpc) is 3.24. The first-order valence-electron chi connectivity index (χ1n) is 7.97. The first-order chi connectivity index (χ1) is 12.1. The second-order valence-corrected chi connectivity index (χ2v) is 6.49. The molecule has 0 saturated carbocycles. The van der Waals surface area contributed by atoms with E-state index in [1.54, 1.807) is 18.3 Å². The zero-order valence-corrected chi connectivity index (χ0v) is 14.5. The van der Waals surface area contributed by atoms with Crippen molar-refractivity contribution >= 4 is 22.4 Å². The maximum absolute atomic E-state index is 12.9. The van der Waals surface area contributed by atoms with E-state index < -0.39 is 0 Å². The number of benzene rings is 1. The van der Waals surface area contributed by atoms with Crippen molar-refractivity contribution in [1.29, 1.82) is 0 Å². The van der Waals surface area contributed by atoms with E-state index in [9.17, 15) is 9.18 Å². The summed E-state index contributed by atoms with van der Waals surface area (Å²) < 4.78 is 18.5. The maximum Gasteiger partial charge on any atom is 0.226 e. The molecule has 6 nitrogen and oxygen atoms in total. The van der Waals surface area contributed by atoms with E-state index in [1.165, 1.54) is 23.5 Å². The monoisotopic (exact) mass is 360 g/mol. The Balaban J connectivity index is 1.52. The summed E-state index contributed by atoms with van der Waals surface area (Å²) in [5.74, 6) is 0.529. The summed E-state index contributed by atoms with van der Waals surface area (Å²) >= 11 is 1.39. The highest BCUT2D eigenvalue weighted by Crippen LogP contribution is 2.21. The molecule has 0 fully saturated rings. The SMILES string of the molecule is CCCc1nnc(NC(=O)CCc2ncc(-c3ccc(F)cc3)o2)s1. The number of halogens is 1. The Labute approximate surface area is 148 Å². The molecule has 0 atom stereocenters. The minimum absolute atomic E-state index is 0.166. The van der Waals surface area contributed by atoms with Gasteiger partial charge in [0.25, 0.3) is 0 Å². The number of nitrogens with zero attached hydrogens (tertiary/aromatic N) is 3. The number of anilines is 1. The lowest BCUT2D eigenvalue weighted by Gasteiger charge is -1.99. The van der Waals surface area contributed by atoms with Gasteiger partial charge in [-0.2, -0.15) is 0 Å². The summed E-state index contributed by atoms with van der Waals surface area (Å²) in [6.45, 7) is 2.07. The molecule has 3 rings (SSSR count). The lowest BCUT2D eigenvalue weighted by Crippen LogP contribution is -2.12. The summed E-state index contributed by atoms with van der Waals surface area (Å²) in [4.78, 5) is 16.1. The van der Waals surface area contributed by atoms with Crippen LogP contribution in [0.1, 0.15) is 30.7 Å². The molecule has 25 heavy (non-hydrogen) atoms. The van der Waals surface area contributed by atoms with Crippen LogP contribution in [0.5, 0.6) is 0 Å². The summed E-state index contributed by atoms with van der Waals surface area (Å²) in [7, 11) is 0. The molecule has 0 aliphatic heterocycles. The second-order valence-electron chi connectivity index (χ2n) is 5.42. The number of oxazole rings is 1. The minimum atomic E-state index is -0.307. The fourth-order valence-corrected chi connectivity index (χ4v) is 3.05. The number of hydrogen-bond donors (Lipinski definition) is 1. The normalized spacial score (nSPS) is 10.8. The molecular weight excluding hydrogens is 343 g/mol. The van der Waals surface area contributed by atoms with Crippen molar-refractivity contribution in [2.45, 2.75) is 32.6 Å². The first-order valence-corrected chi connectivity index (χ1v) is 8.78. The van der Waals surface area contributed by atoms with Gasteiger partial charge in [0.2, 0.25) is 11.0 Å². The highest BCUT2D eigenvalue weighted by Gasteiger charge is 2.11. The fraction of sp³-hybridized carbons (Fsp3) is 0.294. The van der Waals surface area contributed by atoms with Gasteiger partial charge in [-0.25, -0.2) is 9.37 Å². The van der Waals surface area contributed by atoms with Crippen LogP contribution in [-0.2, 0) is 17.6 Å². The van der Waals surface area contributed by atoms with E-state index in [0.29, 0.717) is 23.2 Å². The van der Waals surface area contributed by atoms with Crippen molar-refractivity contribution in [2.24, 2.45) is 0 Å². The number of aryl methyl sites for hydroxylation is 2. The highest BCUT2D eigenvalue weighted by atomic mass is 32.1. The third-order valence-corrected chi connectivity index (χ3v) is 4.32. The fourth-order valence-electron chi connectivity index (χ4n) is 2.19. The summed E-state index contributed by atoms with van der Waals surface area (Å²) in [5, 5.41) is 12.1. The van der Waals surface area contributed by atoms with E-state index in [2.05, 4.69) is 27.4 Å². The zero-order valence-electron chi connectivity index (χ0n) is 13.7. The van der Waals surface area contributed by atoms with Gasteiger partial charge in [0.15, 0.2) is 11.7 Å². The molecule has 2 aromatic heterocycles. The Morgan fingerprint density at radius 2 is 2.04 bits per heavy atom. The standard InChI is InChI=1S/C17H17FN4O2S/c1-2-3-16-21-22-17(25-16)20-14(23)8-9-15-19-10-13(24-15)11-4-6-12(18)7-5-11/h4-7,10H,2-3,8-9H2,1H3,(H,20,22,23). The number of carbonyl (C=O) groups excluding carboxylic acids is 1. The van der Waals surface area contributed by atoms with E-state index >= 15 is 0 Å². The van der Waals surface area contributed by atoms with Crippen LogP contribution in [0.3, 0.4) is 0 Å². The number of nitrogens with one attached hydrogen (secondary N) is 1. The average molecular weight is 360 g/mol. The molecule has 2 heterocycles. The van der Waals surface area contributed by atoms with Gasteiger partial charge in [0, 0.05) is 24.8 Å². The zero-order chi connectivity index (χ0) is 17.6. The van der Waals surface area contributed by atoms with Crippen LogP contribution in [0.2, 0.25) is 0 Å². The summed E-state index contributed by atoms with van der Waals surface area (Å²) in [5.41, 5.74) is 0.738. The lowest BCUT2D eigenvalue weighted by molar-refractivity contribution is -0.116. The number of aromatic nitrogens is 3. The van der Waals surface area contributed by atoms with E-state index in [1.807, 2.05) is 0 Å². The van der Waals surface area contributed by atoms with Crippen molar-refractivity contribution in [2.75, 3.05) is 5.32 Å². The number of hydrogen-bond acceptors (Lipinski definition) is 6. The van der Waals surface area contributed by atoms with Gasteiger partial charge in [-0.3, -0.25) is 4.79 Å². The Morgan fingerprint density at radius 1 is 1.24 bits per heavy atom. The second kappa shape index (κ2) is 7.98. The molecule has 0 aliphatic rings. The van der Waals surface area contributed by atoms with Crippen molar-refractivity contribution in [3.05, 3.63) is 47.2 Å². The van der Waals surface area contributed by atoms with E-state index in [0.717, 1.165) is 23.4 Å². The van der Waals surface area contributed by atoms with Crippen LogP contribution in [0, 0.1) is 5.82 Å². The first kappa shape index (κ1) is 17.2. The van der Waals surface area contributed by atoms with Crippen molar-refractivity contribution in [3.63, 3.8) is 0 Å². The van der Waals surface area contributed by atoms with Gasteiger partial charge in [-0.15, -0.1) is 10.2 Å². The minimum Gasteiger partial charge on any atom is -0.441 e. The molecule has 0 saturated heterocycles. The molecule has 0 spiro atoms. The van der Waals surface area contributed by atoms with E-state index in [4.69, 9.17) is 4.42 Å². The molecule has 8 heteroatoms. The van der Waals surface area contributed by atoms with Gasteiger partial charge >= 0.3 is 0 Å². The van der Waals surface area contributed by atoms with Gasteiger partial charge in [0.1, 0.15) is 10.8 Å². The highest BCUT2D eigenvalue weighted by molar-refractivity contribution is 7.15. The van der Waals surface area contributed by atoms with Crippen LogP contribution in [0.15, 0.2) is 34.9 Å². The van der Waals surface area contributed by atoms with Gasteiger partial charge in [-0.1, -0.05) is 18.3 Å². The largest absolute Gasteiger partial charge is 0.441 e. The Morgan fingerprint density at radius 3 is 2.80 bits per heavy atom. The molecule has 1 aromatic carbocycles. The Hall–Kier alpha value is -2.61. The van der Waals surface area contributed by atoms with Crippen molar-refractivity contribution < 1.29 is 13.6 Å². The van der Waals surface area contributed by atoms with Gasteiger partial charge in [-0.05, 0) is 30.7 Å². The Bertz CT molecular complexity index is 844. The summed E-state index contributed by atoms with van der Waals surface area (Å²) in [6.07, 6.45) is 4.01. The van der Waals surface area contributed by atoms with E-state index in [-0.39, 0.29) is 18.1 Å². The molecule has 130 valence electrons. The quantitative estimate of drug-likeness (QED) is 0.692. The van der Waals surface area contributed by atoms with Crippen LogP contribution in [-0.4, -0.2) is 21.1 Å². The Kier molecular flexibility index (Phi) is 5.49. The molecular formula is C17H17FN4O2S. The smallest absolute Gasteiger partial charge is 0.226 e. The molecule has 0 aliphatic carbocycles. The topological polar surface area (TPSA) is 80.9 Å². The molecule has 1 amide bonds. The number of carbonyl (C=O) groups is 1. The third-order valence-electron chi connectivity index (χ3n) is 3.43. The predicted molar refractivity (Wildman–Crippen MR) is 92.8 cm³/mol. The molecule has 0 unspecified atom stereocenters. The predicted octanol–water partition coefficient (Wildman–Crippen LogP) is 3.86. The van der Waals surface area contributed by atoms with Crippen molar-refractivity contribution in [3.8, 4) is 11.3 Å². The number of rotatable bonds is 7.